The molecule has 0 fully saturated rings. The second-order valence-electron chi connectivity index (χ2n) is 4.16. The Balaban J connectivity index is 2.31. The van der Waals surface area contributed by atoms with E-state index < -0.39 is 16.0 Å². The van der Waals surface area contributed by atoms with Gasteiger partial charge in [0.25, 0.3) is 10.0 Å². The molecule has 0 amide bonds. The number of carbonyl (C=O) groups is 1. The fraction of sp³-hybridized carbons (Fsp3) is 0.0833. The number of nitrogens with one attached hydrogen (secondary N) is 1. The van der Waals surface area contributed by atoms with Gasteiger partial charge in [0.2, 0.25) is 5.56 Å². The molecule has 0 spiro atoms. The topological polar surface area (TPSA) is 118 Å². The number of nitrogens with zero attached hydrogens (tertiary/aromatic N) is 2. The van der Waals surface area contributed by atoms with Crippen LogP contribution in [0.2, 0.25) is 0 Å². The number of hydrogen-bond acceptors (Lipinski definition) is 5. The Labute approximate surface area is 119 Å². The zero-order valence-corrected chi connectivity index (χ0v) is 11.7. The molecule has 110 valence electrons. The summed E-state index contributed by atoms with van der Waals surface area (Å²) in [5, 5.41) is 8.41. The van der Waals surface area contributed by atoms with Crippen molar-refractivity contribution in [1.29, 1.82) is 0 Å². The number of pyridine rings is 2. The van der Waals surface area contributed by atoms with Crippen molar-refractivity contribution in [2.75, 3.05) is 4.72 Å². The Morgan fingerprint density at radius 2 is 2.00 bits per heavy atom. The highest BCUT2D eigenvalue weighted by Crippen LogP contribution is 2.13. The summed E-state index contributed by atoms with van der Waals surface area (Å²) in [5.41, 5.74) is -0.195. The minimum atomic E-state index is -3.95. The summed E-state index contributed by atoms with van der Waals surface area (Å²) < 4.78 is 27.6. The van der Waals surface area contributed by atoms with Crippen molar-refractivity contribution in [3.05, 3.63) is 52.6 Å². The molecule has 0 aromatic carbocycles. The molecule has 0 aliphatic heterocycles. The number of aryl methyl sites for hydroxylation is 1. The Bertz CT molecular complexity index is 840. The van der Waals surface area contributed by atoms with Gasteiger partial charge in [-0.3, -0.25) is 9.52 Å². The number of aromatic carboxylic acids is 1. The molecule has 21 heavy (non-hydrogen) atoms. The number of aromatic nitrogens is 2. The summed E-state index contributed by atoms with van der Waals surface area (Å²) in [6, 6.07) is 4.78. The van der Waals surface area contributed by atoms with Gasteiger partial charge < -0.3 is 9.67 Å². The second kappa shape index (κ2) is 5.37. The van der Waals surface area contributed by atoms with Crippen molar-refractivity contribution in [1.82, 2.24) is 9.55 Å². The number of hydrogen-bond donors (Lipinski definition) is 2. The first-order valence-corrected chi connectivity index (χ1v) is 7.17. The van der Waals surface area contributed by atoms with Crippen LogP contribution in [0.15, 0.2) is 46.5 Å². The smallest absolute Gasteiger partial charge is 0.337 e. The van der Waals surface area contributed by atoms with Gasteiger partial charge >= 0.3 is 5.97 Å². The quantitative estimate of drug-likeness (QED) is 0.837. The molecule has 2 N–H and O–H groups in total. The standard InChI is InChI=1S/C12H11N3O5S/c1-15-7-9(3-5-11(15)16)14-21(19,20)10-4-2-8(6-13-10)12(17)18/h2-7,14H,1H3,(H,17,18). The fourth-order valence-corrected chi connectivity index (χ4v) is 2.50. The lowest BCUT2D eigenvalue weighted by molar-refractivity contribution is 0.0696. The maximum Gasteiger partial charge on any atom is 0.337 e. The third-order valence-corrected chi connectivity index (χ3v) is 3.89. The average molecular weight is 309 g/mol. The molecule has 0 aliphatic carbocycles. The molecule has 2 aromatic heterocycles. The molecule has 2 aromatic rings. The molecule has 9 heteroatoms. The van der Waals surface area contributed by atoms with Crippen molar-refractivity contribution in [3.8, 4) is 0 Å². The van der Waals surface area contributed by atoms with Crippen LogP contribution < -0.4 is 10.3 Å². The van der Waals surface area contributed by atoms with Crippen molar-refractivity contribution >= 4 is 21.7 Å². The van der Waals surface area contributed by atoms with Crippen LogP contribution in [0.3, 0.4) is 0 Å². The largest absolute Gasteiger partial charge is 0.478 e. The summed E-state index contributed by atoms with van der Waals surface area (Å²) in [4.78, 5) is 25.5. The average Bonchev–Trinajstić information content (AvgIpc) is 2.43. The van der Waals surface area contributed by atoms with E-state index in [9.17, 15) is 18.0 Å². The Morgan fingerprint density at radius 1 is 1.29 bits per heavy atom. The molecular formula is C12H11N3O5S. The summed E-state index contributed by atoms with van der Waals surface area (Å²) >= 11 is 0. The fourth-order valence-electron chi connectivity index (χ4n) is 1.53. The van der Waals surface area contributed by atoms with Crippen LogP contribution in [0.1, 0.15) is 10.4 Å². The van der Waals surface area contributed by atoms with E-state index in [2.05, 4.69) is 9.71 Å². The summed E-state index contributed by atoms with van der Waals surface area (Å²) in [5.74, 6) is -1.20. The van der Waals surface area contributed by atoms with Gasteiger partial charge in [-0.05, 0) is 18.2 Å². The first kappa shape index (κ1) is 14.7. The van der Waals surface area contributed by atoms with Gasteiger partial charge in [-0.15, -0.1) is 0 Å². The first-order valence-electron chi connectivity index (χ1n) is 5.68. The number of carboxylic acids is 1. The predicted molar refractivity (Wildman–Crippen MR) is 73.7 cm³/mol. The zero-order chi connectivity index (χ0) is 15.6. The molecule has 8 nitrogen and oxygen atoms in total. The van der Waals surface area contributed by atoms with Gasteiger partial charge in [-0.2, -0.15) is 8.42 Å². The minimum Gasteiger partial charge on any atom is -0.478 e. The van der Waals surface area contributed by atoms with Crippen LogP contribution >= 0.6 is 0 Å². The van der Waals surface area contributed by atoms with E-state index in [-0.39, 0.29) is 21.8 Å². The summed E-state index contributed by atoms with van der Waals surface area (Å²) in [6.45, 7) is 0. The molecule has 0 atom stereocenters. The van der Waals surface area contributed by atoms with Crippen LogP contribution in [0.25, 0.3) is 0 Å². The molecule has 0 aliphatic rings. The highest BCUT2D eigenvalue weighted by Gasteiger charge is 2.17. The molecule has 0 bridgehead atoms. The lowest BCUT2D eigenvalue weighted by Gasteiger charge is -2.08. The highest BCUT2D eigenvalue weighted by atomic mass is 32.2. The van der Waals surface area contributed by atoms with Crippen LogP contribution in [0.5, 0.6) is 0 Å². The van der Waals surface area contributed by atoms with E-state index in [0.717, 1.165) is 18.3 Å². The molecular weight excluding hydrogens is 298 g/mol. The van der Waals surface area contributed by atoms with Crippen molar-refractivity contribution in [2.45, 2.75) is 5.03 Å². The third-order valence-electron chi connectivity index (χ3n) is 2.60. The molecule has 0 saturated carbocycles. The molecule has 2 heterocycles. The molecule has 2 rings (SSSR count). The van der Waals surface area contributed by atoms with Gasteiger partial charge in [-0.1, -0.05) is 0 Å². The van der Waals surface area contributed by atoms with Gasteiger partial charge in [-0.25, -0.2) is 9.78 Å². The highest BCUT2D eigenvalue weighted by molar-refractivity contribution is 7.92. The summed E-state index contributed by atoms with van der Waals surface area (Å²) in [6.07, 6.45) is 2.28. The molecule has 0 radical (unpaired) electrons. The second-order valence-corrected chi connectivity index (χ2v) is 5.79. The maximum absolute atomic E-state index is 12.1. The van der Waals surface area contributed by atoms with E-state index in [1.165, 1.54) is 29.9 Å². The van der Waals surface area contributed by atoms with Crippen molar-refractivity contribution in [2.24, 2.45) is 7.05 Å². The third kappa shape index (κ3) is 3.26. The number of carboxylic acid groups (broad SMARTS) is 1. The van der Waals surface area contributed by atoms with E-state index >= 15 is 0 Å². The summed E-state index contributed by atoms with van der Waals surface area (Å²) in [7, 11) is -2.47. The van der Waals surface area contributed by atoms with Gasteiger partial charge in [0.05, 0.1) is 11.3 Å². The van der Waals surface area contributed by atoms with Crippen LogP contribution in [0, 0.1) is 0 Å². The lowest BCUT2D eigenvalue weighted by Crippen LogP contribution is -2.19. The van der Waals surface area contributed by atoms with Gasteiger partial charge in [0.15, 0.2) is 5.03 Å². The molecule has 0 saturated heterocycles. The Kier molecular flexibility index (Phi) is 3.76. The predicted octanol–water partition coefficient (Wildman–Crippen LogP) is 0.279. The van der Waals surface area contributed by atoms with E-state index in [0.29, 0.717) is 0 Å². The normalized spacial score (nSPS) is 11.1. The van der Waals surface area contributed by atoms with E-state index in [4.69, 9.17) is 5.11 Å². The van der Waals surface area contributed by atoms with Crippen LogP contribution in [-0.2, 0) is 17.1 Å². The number of sulfonamides is 1. The van der Waals surface area contributed by atoms with Crippen molar-refractivity contribution < 1.29 is 18.3 Å². The SMILES string of the molecule is Cn1cc(NS(=O)(=O)c2ccc(C(=O)O)cn2)ccc1=O. The lowest BCUT2D eigenvalue weighted by atomic mass is 10.3. The maximum atomic E-state index is 12.1. The van der Waals surface area contributed by atoms with Crippen LogP contribution in [-0.4, -0.2) is 29.0 Å². The van der Waals surface area contributed by atoms with E-state index in [1.54, 1.807) is 0 Å². The molecule has 0 unspecified atom stereocenters. The van der Waals surface area contributed by atoms with Crippen LogP contribution in [0.4, 0.5) is 5.69 Å². The monoisotopic (exact) mass is 309 g/mol. The van der Waals surface area contributed by atoms with Crippen molar-refractivity contribution in [3.63, 3.8) is 0 Å². The minimum absolute atomic E-state index is 0.115. The zero-order valence-electron chi connectivity index (χ0n) is 10.8. The number of anilines is 1. The Morgan fingerprint density at radius 3 is 2.52 bits per heavy atom. The Hall–Kier alpha value is -2.68. The number of rotatable bonds is 4. The van der Waals surface area contributed by atoms with Gasteiger partial charge in [0, 0.05) is 25.5 Å². The van der Waals surface area contributed by atoms with Gasteiger partial charge in [0.1, 0.15) is 0 Å². The first-order chi connectivity index (χ1) is 9.79. The van der Waals surface area contributed by atoms with E-state index in [1.807, 2.05) is 0 Å².